The normalized spacial score (nSPS) is 11.2. The predicted octanol–water partition coefficient (Wildman–Crippen LogP) is 2.56. The molecule has 5 nitrogen and oxygen atoms in total. The summed E-state index contributed by atoms with van der Waals surface area (Å²) in [5, 5.41) is 0. The van der Waals surface area contributed by atoms with Crippen molar-refractivity contribution in [2.45, 2.75) is 33.0 Å². The summed E-state index contributed by atoms with van der Waals surface area (Å²) in [5.74, 6) is -0.331. The minimum Gasteiger partial charge on any atom is -0.380 e. The van der Waals surface area contributed by atoms with Crippen molar-refractivity contribution in [2.75, 3.05) is 35.5 Å². The van der Waals surface area contributed by atoms with E-state index in [1.54, 1.807) is 21.3 Å². The van der Waals surface area contributed by atoms with Crippen LogP contribution in [-0.2, 0) is 56.7 Å². The fourth-order valence-electron chi connectivity index (χ4n) is 2.54. The summed E-state index contributed by atoms with van der Waals surface area (Å²) < 4.78 is 41.0. The molecule has 1 rings (SSSR count). The first-order chi connectivity index (χ1) is 10.7. The molecule has 0 bridgehead atoms. The first-order valence-corrected chi connectivity index (χ1v) is 6.94. The Bertz CT molecular complexity index is 439. The van der Waals surface area contributed by atoms with Crippen LogP contribution in [0.15, 0.2) is 0 Å². The van der Waals surface area contributed by atoms with E-state index in [0.717, 1.165) is 16.7 Å². The lowest BCUT2D eigenvalue weighted by Gasteiger charge is -2.22. The van der Waals surface area contributed by atoms with Crippen LogP contribution in [0.4, 0.5) is 4.39 Å². The van der Waals surface area contributed by atoms with E-state index < -0.39 is 0 Å². The van der Waals surface area contributed by atoms with Gasteiger partial charge in [0.25, 0.3) is 0 Å². The molecule has 22 heavy (non-hydrogen) atoms. The van der Waals surface area contributed by atoms with Crippen molar-refractivity contribution in [2.24, 2.45) is 0 Å². The van der Waals surface area contributed by atoms with Gasteiger partial charge >= 0.3 is 0 Å². The Morgan fingerprint density at radius 1 is 0.500 bits per heavy atom. The number of halogens is 1. The van der Waals surface area contributed by atoms with Crippen LogP contribution >= 0.6 is 0 Å². The summed E-state index contributed by atoms with van der Waals surface area (Å²) in [4.78, 5) is 0. The van der Waals surface area contributed by atoms with Crippen molar-refractivity contribution >= 4 is 0 Å². The summed E-state index contributed by atoms with van der Waals surface area (Å²) in [6.45, 7) is 1.21. The standard InChI is InChI=1S/C16H25FO5/c1-18-6-11-12(7-19-2)14(9-21-4)16(17)15(10-22-5)13(11)8-20-3/h6-10H2,1-5H3. The summed E-state index contributed by atoms with van der Waals surface area (Å²) in [5.41, 5.74) is 3.31. The van der Waals surface area contributed by atoms with Crippen molar-refractivity contribution in [1.82, 2.24) is 0 Å². The predicted molar refractivity (Wildman–Crippen MR) is 80.0 cm³/mol. The third-order valence-electron chi connectivity index (χ3n) is 3.43. The number of rotatable bonds is 10. The van der Waals surface area contributed by atoms with Gasteiger partial charge in [-0.1, -0.05) is 0 Å². The maximum atomic E-state index is 14.9. The minimum absolute atomic E-state index is 0.158. The van der Waals surface area contributed by atoms with E-state index in [1.165, 1.54) is 14.2 Å². The van der Waals surface area contributed by atoms with Gasteiger partial charge in [0, 0.05) is 46.7 Å². The Labute approximate surface area is 131 Å². The molecular weight excluding hydrogens is 291 g/mol. The fraction of sp³-hybridized carbons (Fsp3) is 0.625. The average molecular weight is 316 g/mol. The maximum absolute atomic E-state index is 14.9. The van der Waals surface area contributed by atoms with E-state index in [1.807, 2.05) is 0 Å². The topological polar surface area (TPSA) is 46.2 Å². The van der Waals surface area contributed by atoms with E-state index in [0.29, 0.717) is 17.7 Å². The highest BCUT2D eigenvalue weighted by atomic mass is 19.1. The molecule has 0 saturated carbocycles. The molecule has 0 radical (unpaired) electrons. The van der Waals surface area contributed by atoms with E-state index in [2.05, 4.69) is 0 Å². The molecule has 1 aromatic carbocycles. The van der Waals surface area contributed by atoms with Crippen LogP contribution in [0.25, 0.3) is 0 Å². The molecule has 0 N–H and O–H groups in total. The van der Waals surface area contributed by atoms with Gasteiger partial charge in [-0.15, -0.1) is 0 Å². The quantitative estimate of drug-likeness (QED) is 0.664. The summed E-state index contributed by atoms with van der Waals surface area (Å²) in [6.07, 6.45) is 0. The Balaban J connectivity index is 3.62. The Morgan fingerprint density at radius 3 is 1.00 bits per heavy atom. The lowest BCUT2D eigenvalue weighted by atomic mass is 9.91. The Morgan fingerprint density at radius 2 is 0.727 bits per heavy atom. The first-order valence-electron chi connectivity index (χ1n) is 6.94. The van der Waals surface area contributed by atoms with Crippen LogP contribution in [0.5, 0.6) is 0 Å². The van der Waals surface area contributed by atoms with Gasteiger partial charge < -0.3 is 23.7 Å². The third kappa shape index (κ3) is 4.24. The molecule has 1 aromatic rings. The van der Waals surface area contributed by atoms with Gasteiger partial charge in [0.15, 0.2) is 0 Å². The highest BCUT2D eigenvalue weighted by Gasteiger charge is 2.23. The highest BCUT2D eigenvalue weighted by Crippen LogP contribution is 2.30. The second kappa shape index (κ2) is 9.86. The lowest BCUT2D eigenvalue weighted by molar-refractivity contribution is 0.143. The molecule has 0 aliphatic rings. The number of hydrogen-bond acceptors (Lipinski definition) is 5. The molecule has 0 fully saturated rings. The van der Waals surface area contributed by atoms with Crippen LogP contribution < -0.4 is 0 Å². The van der Waals surface area contributed by atoms with Gasteiger partial charge in [-0.05, 0) is 16.7 Å². The number of hydrogen-bond donors (Lipinski definition) is 0. The smallest absolute Gasteiger partial charge is 0.134 e. The lowest BCUT2D eigenvalue weighted by Crippen LogP contribution is -2.15. The SMILES string of the molecule is COCc1c(F)c(COC)c(COC)c(COC)c1COC. The first kappa shape index (κ1) is 19.0. The van der Waals surface area contributed by atoms with E-state index >= 15 is 0 Å². The van der Waals surface area contributed by atoms with Crippen LogP contribution in [0.3, 0.4) is 0 Å². The molecule has 0 aliphatic heterocycles. The van der Waals surface area contributed by atoms with Crippen LogP contribution in [0, 0.1) is 5.82 Å². The molecule has 126 valence electrons. The average Bonchev–Trinajstić information content (AvgIpc) is 2.51. The molecule has 0 amide bonds. The second-order valence-electron chi connectivity index (χ2n) is 4.87. The molecular formula is C16H25FO5. The summed E-state index contributed by atoms with van der Waals surface area (Å²) in [7, 11) is 7.81. The molecule has 0 aliphatic carbocycles. The van der Waals surface area contributed by atoms with Crippen molar-refractivity contribution in [3.63, 3.8) is 0 Å². The van der Waals surface area contributed by atoms with Crippen molar-refractivity contribution in [1.29, 1.82) is 0 Å². The minimum atomic E-state index is -0.331. The zero-order valence-electron chi connectivity index (χ0n) is 14.0. The van der Waals surface area contributed by atoms with Gasteiger partial charge in [0.2, 0.25) is 0 Å². The van der Waals surface area contributed by atoms with E-state index in [-0.39, 0.29) is 32.2 Å². The summed E-state index contributed by atoms with van der Waals surface area (Å²) in [6, 6.07) is 0. The molecule has 6 heteroatoms. The highest BCUT2D eigenvalue weighted by molar-refractivity contribution is 5.47. The van der Waals surface area contributed by atoms with Crippen molar-refractivity contribution < 1.29 is 28.1 Å². The molecule has 0 heterocycles. The molecule has 0 atom stereocenters. The summed E-state index contributed by atoms with van der Waals surface area (Å²) >= 11 is 0. The van der Waals surface area contributed by atoms with Crippen molar-refractivity contribution in [3.05, 3.63) is 33.6 Å². The molecule has 0 aromatic heterocycles. The van der Waals surface area contributed by atoms with Gasteiger partial charge in [-0.3, -0.25) is 0 Å². The molecule has 0 spiro atoms. The Hall–Kier alpha value is -1.05. The Kier molecular flexibility index (Phi) is 8.52. The van der Waals surface area contributed by atoms with Crippen molar-refractivity contribution in [3.8, 4) is 0 Å². The van der Waals surface area contributed by atoms with Crippen LogP contribution in [-0.4, -0.2) is 35.5 Å². The zero-order chi connectivity index (χ0) is 16.5. The van der Waals surface area contributed by atoms with Crippen LogP contribution in [0.1, 0.15) is 27.8 Å². The van der Waals surface area contributed by atoms with Gasteiger partial charge in [-0.25, -0.2) is 4.39 Å². The number of ether oxygens (including phenoxy) is 5. The zero-order valence-corrected chi connectivity index (χ0v) is 14.0. The maximum Gasteiger partial charge on any atom is 0.134 e. The van der Waals surface area contributed by atoms with E-state index in [9.17, 15) is 4.39 Å². The fourth-order valence-corrected chi connectivity index (χ4v) is 2.54. The van der Waals surface area contributed by atoms with Crippen LogP contribution in [0.2, 0.25) is 0 Å². The molecule has 0 unspecified atom stereocenters. The van der Waals surface area contributed by atoms with Gasteiger partial charge in [0.05, 0.1) is 33.0 Å². The second-order valence-corrected chi connectivity index (χ2v) is 4.87. The number of benzene rings is 1. The monoisotopic (exact) mass is 316 g/mol. The number of methoxy groups -OCH3 is 5. The van der Waals surface area contributed by atoms with E-state index in [4.69, 9.17) is 23.7 Å². The third-order valence-corrected chi connectivity index (χ3v) is 3.43. The van der Waals surface area contributed by atoms with Gasteiger partial charge in [-0.2, -0.15) is 0 Å². The van der Waals surface area contributed by atoms with Gasteiger partial charge in [0.1, 0.15) is 5.82 Å². The molecule has 0 saturated heterocycles. The largest absolute Gasteiger partial charge is 0.380 e.